The summed E-state index contributed by atoms with van der Waals surface area (Å²) < 4.78 is 1.98. The van der Waals surface area contributed by atoms with E-state index in [1.807, 2.05) is 33.7 Å². The van der Waals surface area contributed by atoms with E-state index in [-0.39, 0.29) is 29.9 Å². The van der Waals surface area contributed by atoms with E-state index >= 15 is 0 Å². The molecule has 3 rings (SSSR count). The van der Waals surface area contributed by atoms with Gasteiger partial charge in [0.05, 0.1) is 6.54 Å². The van der Waals surface area contributed by atoms with Gasteiger partial charge >= 0.3 is 0 Å². The number of rotatable bonds is 9. The third-order valence-corrected chi connectivity index (χ3v) is 4.69. The zero-order valence-corrected chi connectivity index (χ0v) is 19.2. The van der Waals surface area contributed by atoms with Gasteiger partial charge in [-0.05, 0) is 43.9 Å². The van der Waals surface area contributed by atoms with E-state index in [9.17, 15) is 4.79 Å². The number of hydrogen-bond donors (Lipinski definition) is 2. The minimum Gasteiger partial charge on any atom is -0.357 e. The quantitative estimate of drug-likeness (QED) is 0.234. The van der Waals surface area contributed by atoms with Crippen LogP contribution in [0.4, 0.5) is 5.69 Å². The van der Waals surface area contributed by atoms with Crippen LogP contribution in [-0.2, 0) is 17.9 Å². The number of carbonyl (C=O) groups excluding carboxylic acids is 1. The summed E-state index contributed by atoms with van der Waals surface area (Å²) in [4.78, 5) is 18.4. The second-order valence-electron chi connectivity index (χ2n) is 6.84. The minimum absolute atomic E-state index is 0. The number of nitrogens with zero attached hydrogens (tertiary/aromatic N) is 5. The van der Waals surface area contributed by atoms with Crippen molar-refractivity contribution in [2.75, 3.05) is 24.5 Å². The maximum absolute atomic E-state index is 11.8. The first-order chi connectivity index (χ1) is 13.8. The van der Waals surface area contributed by atoms with Gasteiger partial charge in [0.1, 0.15) is 12.7 Å². The van der Waals surface area contributed by atoms with E-state index in [1.54, 1.807) is 12.7 Å². The highest BCUT2D eigenvalue weighted by molar-refractivity contribution is 14.0. The monoisotopic (exact) mass is 511 g/mol. The maximum atomic E-state index is 11.8. The van der Waals surface area contributed by atoms with Crippen LogP contribution in [0.5, 0.6) is 0 Å². The predicted octanol–water partition coefficient (Wildman–Crippen LogP) is 2.56. The van der Waals surface area contributed by atoms with Crippen molar-refractivity contribution in [2.45, 2.75) is 45.7 Å². The van der Waals surface area contributed by atoms with Crippen LogP contribution in [0.1, 0.15) is 38.2 Å². The van der Waals surface area contributed by atoms with Crippen molar-refractivity contribution in [1.29, 1.82) is 0 Å². The van der Waals surface area contributed by atoms with E-state index in [0.717, 1.165) is 62.7 Å². The molecule has 9 heteroatoms. The fourth-order valence-electron chi connectivity index (χ4n) is 3.18. The summed E-state index contributed by atoms with van der Waals surface area (Å²) in [5.41, 5.74) is 2.11. The fraction of sp³-hybridized carbons (Fsp3) is 0.500. The second kappa shape index (κ2) is 12.4. The Morgan fingerprint density at radius 3 is 2.55 bits per heavy atom. The Labute approximate surface area is 189 Å². The van der Waals surface area contributed by atoms with Crippen molar-refractivity contribution >= 4 is 41.5 Å². The molecule has 0 radical (unpaired) electrons. The van der Waals surface area contributed by atoms with Gasteiger partial charge in [-0.2, -0.15) is 0 Å². The normalized spacial score (nSPS) is 14.0. The molecule has 1 saturated heterocycles. The first-order valence-corrected chi connectivity index (χ1v) is 10.00. The summed E-state index contributed by atoms with van der Waals surface area (Å²) in [6, 6.07) is 8.12. The number of hydrogen-bond acceptors (Lipinski definition) is 4. The van der Waals surface area contributed by atoms with Crippen molar-refractivity contribution < 1.29 is 4.79 Å². The lowest BCUT2D eigenvalue weighted by Crippen LogP contribution is -2.37. The van der Waals surface area contributed by atoms with Crippen molar-refractivity contribution in [2.24, 2.45) is 4.99 Å². The molecular formula is C20H30IN7O. The number of nitrogens with one attached hydrogen (secondary N) is 2. The van der Waals surface area contributed by atoms with Gasteiger partial charge in [0.25, 0.3) is 0 Å². The Balaban J connectivity index is 0.00000300. The SMILES string of the molecule is CCNC(=NCc1ccc(N2CCCC2=O)cc1)NCCCCn1cnnc1.I. The van der Waals surface area contributed by atoms with Gasteiger partial charge < -0.3 is 20.1 Å². The van der Waals surface area contributed by atoms with Crippen molar-refractivity contribution in [1.82, 2.24) is 25.4 Å². The fourth-order valence-corrected chi connectivity index (χ4v) is 3.18. The summed E-state index contributed by atoms with van der Waals surface area (Å²) in [6.45, 7) is 6.10. The maximum Gasteiger partial charge on any atom is 0.227 e. The first-order valence-electron chi connectivity index (χ1n) is 10.00. The number of amides is 1. The number of halogens is 1. The first kappa shape index (κ1) is 23.1. The molecule has 1 aliphatic rings. The molecule has 158 valence electrons. The molecule has 0 atom stereocenters. The average molecular weight is 511 g/mol. The number of anilines is 1. The Bertz CT molecular complexity index is 762. The second-order valence-corrected chi connectivity index (χ2v) is 6.84. The lowest BCUT2D eigenvalue weighted by Gasteiger charge is -2.16. The molecule has 0 spiro atoms. The van der Waals surface area contributed by atoms with E-state index in [4.69, 9.17) is 0 Å². The van der Waals surface area contributed by atoms with Crippen molar-refractivity contribution in [3.63, 3.8) is 0 Å². The van der Waals surface area contributed by atoms with E-state index < -0.39 is 0 Å². The lowest BCUT2D eigenvalue weighted by atomic mass is 10.2. The molecule has 1 amide bonds. The molecule has 1 aromatic carbocycles. The van der Waals surface area contributed by atoms with Crippen LogP contribution in [0.2, 0.25) is 0 Å². The number of aromatic nitrogens is 3. The van der Waals surface area contributed by atoms with Crippen molar-refractivity contribution in [3.8, 4) is 0 Å². The van der Waals surface area contributed by atoms with Gasteiger partial charge in [-0.15, -0.1) is 34.2 Å². The Kier molecular flexibility index (Phi) is 9.89. The Morgan fingerprint density at radius 1 is 1.14 bits per heavy atom. The topological polar surface area (TPSA) is 87.4 Å². The number of carbonyl (C=O) groups is 1. The lowest BCUT2D eigenvalue weighted by molar-refractivity contribution is -0.117. The minimum atomic E-state index is 0. The molecule has 2 heterocycles. The number of guanidine groups is 1. The summed E-state index contributed by atoms with van der Waals surface area (Å²) >= 11 is 0. The molecule has 2 aromatic rings. The van der Waals surface area contributed by atoms with Crippen LogP contribution in [0, 0.1) is 0 Å². The van der Waals surface area contributed by atoms with Gasteiger partial charge in [-0.3, -0.25) is 4.79 Å². The van der Waals surface area contributed by atoms with Crippen LogP contribution >= 0.6 is 24.0 Å². The van der Waals surface area contributed by atoms with Gasteiger partial charge in [0.2, 0.25) is 5.91 Å². The standard InChI is InChI=1S/C20H29N7O.HI/c1-2-21-20(22-11-3-4-12-26-15-24-25-16-26)23-14-17-7-9-18(10-8-17)27-13-5-6-19(27)28;/h7-10,15-16H,2-6,11-14H2,1H3,(H2,21,22,23);1H. The summed E-state index contributed by atoms with van der Waals surface area (Å²) in [5, 5.41) is 14.3. The number of aryl methyl sites for hydroxylation is 1. The highest BCUT2D eigenvalue weighted by atomic mass is 127. The molecular weight excluding hydrogens is 481 g/mol. The Morgan fingerprint density at radius 2 is 1.90 bits per heavy atom. The smallest absolute Gasteiger partial charge is 0.227 e. The largest absolute Gasteiger partial charge is 0.357 e. The van der Waals surface area contributed by atoms with Gasteiger partial charge in [-0.25, -0.2) is 4.99 Å². The van der Waals surface area contributed by atoms with E-state index in [2.05, 4.69) is 32.7 Å². The molecule has 0 aliphatic carbocycles. The molecule has 1 aliphatic heterocycles. The summed E-state index contributed by atoms with van der Waals surface area (Å²) in [6.07, 6.45) is 7.18. The van der Waals surface area contributed by atoms with Crippen LogP contribution in [0.3, 0.4) is 0 Å². The summed E-state index contributed by atoms with van der Waals surface area (Å²) in [5.74, 6) is 1.04. The molecule has 0 bridgehead atoms. The number of benzene rings is 1. The number of aliphatic imine (C=N–C) groups is 1. The van der Waals surface area contributed by atoms with Crippen LogP contribution in [-0.4, -0.2) is 46.3 Å². The van der Waals surface area contributed by atoms with Crippen LogP contribution in [0.15, 0.2) is 41.9 Å². The third kappa shape index (κ3) is 7.30. The average Bonchev–Trinajstić information content (AvgIpc) is 3.38. The predicted molar refractivity (Wildman–Crippen MR) is 126 cm³/mol. The van der Waals surface area contributed by atoms with Crippen molar-refractivity contribution in [3.05, 3.63) is 42.5 Å². The third-order valence-electron chi connectivity index (χ3n) is 4.69. The summed E-state index contributed by atoms with van der Waals surface area (Å²) in [7, 11) is 0. The molecule has 0 unspecified atom stereocenters. The molecule has 2 N–H and O–H groups in total. The molecule has 1 aromatic heterocycles. The van der Waals surface area contributed by atoms with E-state index in [0.29, 0.717) is 13.0 Å². The van der Waals surface area contributed by atoms with Gasteiger partial charge in [0, 0.05) is 38.3 Å². The van der Waals surface area contributed by atoms with Crippen LogP contribution < -0.4 is 15.5 Å². The number of unbranched alkanes of at least 4 members (excludes halogenated alkanes) is 1. The molecule has 29 heavy (non-hydrogen) atoms. The zero-order chi connectivity index (χ0) is 19.6. The van der Waals surface area contributed by atoms with E-state index in [1.165, 1.54) is 0 Å². The zero-order valence-electron chi connectivity index (χ0n) is 16.9. The van der Waals surface area contributed by atoms with Gasteiger partial charge in [-0.1, -0.05) is 12.1 Å². The van der Waals surface area contributed by atoms with Crippen LogP contribution in [0.25, 0.3) is 0 Å². The highest BCUT2D eigenvalue weighted by Crippen LogP contribution is 2.21. The Hall–Kier alpha value is -2.17. The highest BCUT2D eigenvalue weighted by Gasteiger charge is 2.21. The molecule has 8 nitrogen and oxygen atoms in total. The molecule has 1 fully saturated rings. The molecule has 0 saturated carbocycles. The van der Waals surface area contributed by atoms with Gasteiger partial charge in [0.15, 0.2) is 5.96 Å².